The molecule has 0 aliphatic carbocycles. The molecule has 9 heteroatoms. The fourth-order valence-corrected chi connectivity index (χ4v) is 6.00. The summed E-state index contributed by atoms with van der Waals surface area (Å²) in [5.41, 5.74) is 2.42. The number of rotatable bonds is 6. The molecule has 0 radical (unpaired) electrons. The Morgan fingerprint density at radius 1 is 1.09 bits per heavy atom. The first-order valence-electron chi connectivity index (χ1n) is 10.9. The van der Waals surface area contributed by atoms with Crippen LogP contribution in [0.4, 0.5) is 0 Å². The minimum absolute atomic E-state index is 0.324. The first kappa shape index (κ1) is 23.8. The van der Waals surface area contributed by atoms with Crippen LogP contribution in [0.2, 0.25) is 0 Å². The number of fused-ring (bicyclic) bond motifs is 1. The number of carbonyl (C=O) groups is 4. The Labute approximate surface area is 201 Å². The van der Waals surface area contributed by atoms with Crippen LogP contribution in [0.15, 0.2) is 48.5 Å². The molecular weight excluding hydrogens is 456 g/mol. The summed E-state index contributed by atoms with van der Waals surface area (Å²) in [5.74, 6) is -3.96. The second-order valence-corrected chi connectivity index (χ2v) is 10.9. The summed E-state index contributed by atoms with van der Waals surface area (Å²) in [6, 6.07) is 11.8. The number of β-lactam (4-membered cyclic amide) rings is 1. The van der Waals surface area contributed by atoms with Gasteiger partial charge in [0.05, 0.1) is 0 Å². The number of nitrogens with one attached hydrogen (secondary N) is 1. The molecule has 3 unspecified atom stereocenters. The molecule has 2 saturated heterocycles. The minimum Gasteiger partial charge on any atom is -0.480 e. The van der Waals surface area contributed by atoms with E-state index in [9.17, 15) is 24.3 Å². The van der Waals surface area contributed by atoms with Crippen molar-refractivity contribution in [3.8, 4) is 5.75 Å². The molecule has 178 valence electrons. The summed E-state index contributed by atoms with van der Waals surface area (Å²) in [6.45, 7) is 7.35. The highest BCUT2D eigenvalue weighted by Gasteiger charge is 2.64. The van der Waals surface area contributed by atoms with Crippen LogP contribution in [0.1, 0.15) is 36.5 Å². The van der Waals surface area contributed by atoms with Crippen molar-refractivity contribution < 1.29 is 29.0 Å². The zero-order chi connectivity index (χ0) is 24.8. The molecule has 0 spiro atoms. The number of hydrogen-bond acceptors (Lipinski definition) is 6. The number of carbonyl (C=O) groups excluding carboxylic acids is 3. The van der Waals surface area contributed by atoms with Crippen molar-refractivity contribution in [2.45, 2.75) is 55.8 Å². The number of amides is 2. The van der Waals surface area contributed by atoms with Crippen LogP contribution in [-0.4, -0.2) is 56.0 Å². The van der Waals surface area contributed by atoms with E-state index in [1.807, 2.05) is 19.9 Å². The van der Waals surface area contributed by atoms with Crippen LogP contribution in [0.5, 0.6) is 5.75 Å². The van der Waals surface area contributed by atoms with Crippen LogP contribution < -0.4 is 10.1 Å². The van der Waals surface area contributed by atoms with Gasteiger partial charge in [0.15, 0.2) is 5.92 Å². The summed E-state index contributed by atoms with van der Waals surface area (Å²) in [6.07, 6.45) is 0. The van der Waals surface area contributed by atoms with Crippen molar-refractivity contribution in [3.05, 3.63) is 65.2 Å². The first-order chi connectivity index (χ1) is 16.0. The van der Waals surface area contributed by atoms with Crippen molar-refractivity contribution in [1.29, 1.82) is 0 Å². The second kappa shape index (κ2) is 8.79. The molecule has 2 aliphatic rings. The van der Waals surface area contributed by atoms with Crippen molar-refractivity contribution in [3.63, 3.8) is 0 Å². The van der Waals surface area contributed by atoms with Crippen LogP contribution in [0.25, 0.3) is 0 Å². The van der Waals surface area contributed by atoms with Gasteiger partial charge < -0.3 is 20.1 Å². The number of aliphatic carboxylic acids is 1. The fourth-order valence-electron chi connectivity index (χ4n) is 4.37. The van der Waals surface area contributed by atoms with E-state index in [4.69, 9.17) is 4.74 Å². The summed E-state index contributed by atoms with van der Waals surface area (Å²) in [7, 11) is 0. The quantitative estimate of drug-likeness (QED) is 0.282. The lowest BCUT2D eigenvalue weighted by Gasteiger charge is -2.43. The number of esters is 1. The number of thioether (sulfide) groups is 1. The summed E-state index contributed by atoms with van der Waals surface area (Å²) in [4.78, 5) is 52.2. The topological polar surface area (TPSA) is 113 Å². The Morgan fingerprint density at radius 3 is 2.38 bits per heavy atom. The zero-order valence-electron chi connectivity index (χ0n) is 19.3. The number of benzene rings is 2. The van der Waals surface area contributed by atoms with Gasteiger partial charge in [-0.15, -0.1) is 11.8 Å². The normalized spacial score (nSPS) is 23.5. The van der Waals surface area contributed by atoms with Gasteiger partial charge >= 0.3 is 11.9 Å². The third-order valence-electron chi connectivity index (χ3n) is 6.30. The lowest BCUT2D eigenvalue weighted by molar-refractivity contribution is -0.161. The summed E-state index contributed by atoms with van der Waals surface area (Å²) >= 11 is 1.32. The molecule has 2 aromatic rings. The maximum Gasteiger partial charge on any atom is 0.328 e. The van der Waals surface area contributed by atoms with E-state index in [0.717, 1.165) is 11.1 Å². The molecule has 2 N–H and O–H groups in total. The van der Waals surface area contributed by atoms with E-state index >= 15 is 0 Å². The van der Waals surface area contributed by atoms with Gasteiger partial charge in [0.1, 0.15) is 23.2 Å². The van der Waals surface area contributed by atoms with Gasteiger partial charge in [0.25, 0.3) is 0 Å². The Hall–Kier alpha value is -3.33. The molecule has 0 aromatic heterocycles. The molecule has 0 saturated carbocycles. The molecule has 34 heavy (non-hydrogen) atoms. The van der Waals surface area contributed by atoms with Crippen molar-refractivity contribution in [2.75, 3.05) is 0 Å². The van der Waals surface area contributed by atoms with Crippen LogP contribution in [0.3, 0.4) is 0 Å². The molecule has 2 heterocycles. The second-order valence-electron chi connectivity index (χ2n) is 9.10. The average molecular weight is 483 g/mol. The van der Waals surface area contributed by atoms with Gasteiger partial charge in [-0.3, -0.25) is 14.4 Å². The van der Waals surface area contributed by atoms with E-state index in [1.54, 1.807) is 56.3 Å². The van der Waals surface area contributed by atoms with E-state index in [0.29, 0.717) is 11.3 Å². The highest BCUT2D eigenvalue weighted by atomic mass is 32.2. The number of carboxylic acids is 1. The van der Waals surface area contributed by atoms with E-state index in [1.165, 1.54) is 16.7 Å². The number of carboxylic acid groups (broad SMARTS) is 1. The SMILES string of the molecule is Cc1ccc(OC(=O)C(C(=O)NC2C(=O)N3C(C(=O)O)C(C)(C)S[C@H]23)c2ccccc2)cc1C. The summed E-state index contributed by atoms with van der Waals surface area (Å²) < 4.78 is 4.82. The van der Waals surface area contributed by atoms with Gasteiger partial charge in [0.2, 0.25) is 11.8 Å². The number of aryl methyl sites for hydroxylation is 2. The number of hydrogen-bond donors (Lipinski definition) is 2. The van der Waals surface area contributed by atoms with Gasteiger partial charge in [-0.05, 0) is 56.5 Å². The lowest BCUT2D eigenvalue weighted by atomic mass is 9.94. The van der Waals surface area contributed by atoms with Crippen molar-refractivity contribution in [2.24, 2.45) is 0 Å². The molecule has 2 amide bonds. The third-order valence-corrected chi connectivity index (χ3v) is 7.87. The Kier molecular flexibility index (Phi) is 6.16. The number of ether oxygens (including phenoxy) is 1. The van der Waals surface area contributed by atoms with Crippen molar-refractivity contribution >= 4 is 35.5 Å². The van der Waals surface area contributed by atoms with Gasteiger partial charge in [0, 0.05) is 4.75 Å². The Morgan fingerprint density at radius 2 is 1.76 bits per heavy atom. The molecule has 4 rings (SSSR count). The zero-order valence-corrected chi connectivity index (χ0v) is 20.1. The molecule has 2 aromatic carbocycles. The van der Waals surface area contributed by atoms with Gasteiger partial charge in [-0.2, -0.15) is 0 Å². The Bertz CT molecular complexity index is 1170. The van der Waals surface area contributed by atoms with Crippen LogP contribution in [-0.2, 0) is 19.2 Å². The van der Waals surface area contributed by atoms with Gasteiger partial charge in [-0.25, -0.2) is 4.79 Å². The predicted molar refractivity (Wildman–Crippen MR) is 126 cm³/mol. The summed E-state index contributed by atoms with van der Waals surface area (Å²) in [5, 5.41) is 11.7. The van der Waals surface area contributed by atoms with E-state index < -0.39 is 51.9 Å². The highest BCUT2D eigenvalue weighted by molar-refractivity contribution is 8.01. The molecule has 0 bridgehead atoms. The van der Waals surface area contributed by atoms with Gasteiger partial charge in [-0.1, -0.05) is 36.4 Å². The Balaban J connectivity index is 1.55. The molecule has 2 fully saturated rings. The van der Waals surface area contributed by atoms with Crippen LogP contribution >= 0.6 is 11.8 Å². The smallest absolute Gasteiger partial charge is 0.328 e. The largest absolute Gasteiger partial charge is 0.480 e. The minimum atomic E-state index is -1.29. The first-order valence-corrected chi connectivity index (χ1v) is 11.8. The maximum absolute atomic E-state index is 13.3. The maximum atomic E-state index is 13.3. The third kappa shape index (κ3) is 4.16. The molecule has 2 aliphatic heterocycles. The average Bonchev–Trinajstić information content (AvgIpc) is 3.03. The fraction of sp³-hybridized carbons (Fsp3) is 0.360. The molecule has 8 nitrogen and oxygen atoms in total. The lowest BCUT2D eigenvalue weighted by Crippen LogP contribution is -2.71. The van der Waals surface area contributed by atoms with Crippen LogP contribution in [0, 0.1) is 13.8 Å². The van der Waals surface area contributed by atoms with E-state index in [-0.39, 0.29) is 0 Å². The molecule has 4 atom stereocenters. The number of nitrogens with zero attached hydrogens (tertiary/aromatic N) is 1. The van der Waals surface area contributed by atoms with Crippen molar-refractivity contribution in [1.82, 2.24) is 10.2 Å². The highest BCUT2D eigenvalue weighted by Crippen LogP contribution is 2.50. The molecular formula is C25H26N2O6S. The predicted octanol–water partition coefficient (Wildman–Crippen LogP) is 2.62. The van der Waals surface area contributed by atoms with E-state index in [2.05, 4.69) is 5.32 Å². The monoisotopic (exact) mass is 482 g/mol. The standard InChI is InChI=1S/C25H26N2O6S/c1-13-10-11-16(12-14(13)2)33-24(32)17(15-8-6-5-7-9-15)20(28)26-18-21(29)27-19(23(30)31)25(3,4)34-22(18)27/h5-12,17-19,22H,1-4H3,(H,26,28)(H,30,31)/t17?,18?,19?,22-/m1/s1.